The minimum absolute atomic E-state index is 0.000992. The number of carbonyl (C=O) groups is 3. The lowest BCUT2D eigenvalue weighted by Crippen LogP contribution is -2.70. The van der Waals surface area contributed by atoms with Crippen LogP contribution in [0.1, 0.15) is 82.0 Å². The molecule has 55 heavy (non-hydrogen) atoms. The standard InChI is InChI=1S/C42H46BrFN2O8Si/c1-41(2,3)55(6,7)54-42-28(34(46(4)5)37-31(39(42)50)40(45-53-37)52-22-24-16-12-9-13-17-24)19-25-18-26-30(35(48)29(25)38(42)49)36(32(43)27(20-47)33(26)44)51-21-23-14-10-8-11-15-23/h8-17,25,28-29,34,47H,18-22H2,1-7H3/t25-,28-,29?,34-,42-/m0/s1. The summed E-state index contributed by atoms with van der Waals surface area (Å²) in [4.78, 5) is 48.0. The van der Waals surface area contributed by atoms with Crippen LogP contribution < -0.4 is 9.47 Å². The average Bonchev–Trinajstić information content (AvgIpc) is 3.56. The predicted octanol–water partition coefficient (Wildman–Crippen LogP) is 8.05. The Hall–Kier alpha value is -4.01. The van der Waals surface area contributed by atoms with Crippen molar-refractivity contribution in [2.75, 3.05) is 14.1 Å². The monoisotopic (exact) mass is 832 g/mol. The van der Waals surface area contributed by atoms with Crippen LogP contribution in [-0.2, 0) is 35.5 Å². The zero-order valence-corrected chi connectivity index (χ0v) is 34.7. The molecule has 1 unspecified atom stereocenters. The fourth-order valence-electron chi connectivity index (χ4n) is 8.28. The number of hydrogen-bond donors (Lipinski definition) is 1. The second kappa shape index (κ2) is 14.5. The van der Waals surface area contributed by atoms with Crippen LogP contribution in [-0.4, -0.2) is 60.5 Å². The fourth-order valence-corrected chi connectivity index (χ4v) is 10.3. The van der Waals surface area contributed by atoms with Crippen LogP contribution in [0.5, 0.6) is 11.6 Å². The maximum atomic E-state index is 16.4. The van der Waals surface area contributed by atoms with Gasteiger partial charge in [-0.15, -0.1) is 0 Å². The molecule has 1 saturated carbocycles. The van der Waals surface area contributed by atoms with Gasteiger partial charge in [0.2, 0.25) is 5.78 Å². The van der Waals surface area contributed by atoms with Gasteiger partial charge >= 0.3 is 0 Å². The van der Waals surface area contributed by atoms with E-state index >= 15 is 18.8 Å². The molecule has 290 valence electrons. The van der Waals surface area contributed by atoms with E-state index in [0.29, 0.717) is 0 Å². The number of aromatic nitrogens is 1. The smallest absolute Gasteiger partial charge is 0.265 e. The SMILES string of the molecule is CN(C)[C@@H]1c2onc(OCc3ccccc3)c2C(=O)[C@@]2(O[Si](C)(C)C(C)(C)C)C(=O)C3C(=O)c4c(c(F)c(CO)c(Br)c4OCc4ccccc4)C[C@H]3C[C@@H]12. The largest absolute Gasteiger partial charge is 0.487 e. The van der Waals surface area contributed by atoms with Gasteiger partial charge in [0.1, 0.15) is 30.3 Å². The van der Waals surface area contributed by atoms with Crippen molar-refractivity contribution in [3.63, 3.8) is 0 Å². The van der Waals surface area contributed by atoms with Crippen LogP contribution in [0.3, 0.4) is 0 Å². The van der Waals surface area contributed by atoms with Crippen molar-refractivity contribution in [1.29, 1.82) is 0 Å². The molecule has 0 saturated heterocycles. The van der Waals surface area contributed by atoms with Gasteiger partial charge in [0, 0.05) is 17.0 Å². The van der Waals surface area contributed by atoms with E-state index in [1.54, 1.807) is 0 Å². The maximum absolute atomic E-state index is 16.4. The van der Waals surface area contributed by atoms with E-state index in [-0.39, 0.29) is 70.2 Å². The topological polar surface area (TPSA) is 128 Å². The molecule has 0 spiro atoms. The van der Waals surface area contributed by atoms with Crippen molar-refractivity contribution in [2.24, 2.45) is 17.8 Å². The Bertz CT molecular complexity index is 2150. The highest BCUT2D eigenvalue weighted by Crippen LogP contribution is 2.59. The van der Waals surface area contributed by atoms with Gasteiger partial charge in [-0.05, 0) is 83.2 Å². The molecule has 7 rings (SSSR count). The molecule has 1 N–H and O–H groups in total. The molecule has 1 aromatic heterocycles. The number of carbonyl (C=O) groups excluding carboxylic acids is 3. The first kappa shape index (κ1) is 39.2. The number of hydrogen-bond acceptors (Lipinski definition) is 10. The van der Waals surface area contributed by atoms with E-state index in [2.05, 4.69) is 21.1 Å². The number of aliphatic hydroxyl groups is 1. The van der Waals surface area contributed by atoms with Crippen molar-refractivity contribution in [1.82, 2.24) is 10.1 Å². The summed E-state index contributed by atoms with van der Waals surface area (Å²) in [6.07, 6.45) is 0.163. The van der Waals surface area contributed by atoms with Crippen molar-refractivity contribution in [3.8, 4) is 11.6 Å². The van der Waals surface area contributed by atoms with Crippen LogP contribution in [0.25, 0.3) is 0 Å². The van der Waals surface area contributed by atoms with Gasteiger partial charge in [-0.1, -0.05) is 81.4 Å². The summed E-state index contributed by atoms with van der Waals surface area (Å²) in [5.41, 5.74) is -0.484. The first-order chi connectivity index (χ1) is 26.0. The van der Waals surface area contributed by atoms with Crippen LogP contribution >= 0.6 is 15.9 Å². The number of Topliss-reactive ketones (excluding diaryl/α,β-unsaturated/α-hetero) is 3. The Morgan fingerprint density at radius 3 is 2.15 bits per heavy atom. The molecule has 3 aliphatic rings. The Balaban J connectivity index is 1.39. The van der Waals surface area contributed by atoms with Gasteiger partial charge in [-0.25, -0.2) is 4.39 Å². The minimum Gasteiger partial charge on any atom is -0.487 e. The third kappa shape index (κ3) is 6.41. The first-order valence-corrected chi connectivity index (χ1v) is 22.2. The molecule has 0 amide bonds. The van der Waals surface area contributed by atoms with E-state index in [4.69, 9.17) is 18.4 Å². The summed E-state index contributed by atoms with van der Waals surface area (Å²) in [7, 11) is 0.681. The zero-order chi connectivity index (χ0) is 39.6. The van der Waals surface area contributed by atoms with Gasteiger partial charge in [-0.3, -0.25) is 19.3 Å². The molecule has 0 bridgehead atoms. The number of rotatable bonds is 10. The second-order valence-electron chi connectivity index (χ2n) is 16.6. The van der Waals surface area contributed by atoms with E-state index in [0.717, 1.165) is 11.1 Å². The number of aliphatic hydroxyl groups excluding tert-OH is 1. The summed E-state index contributed by atoms with van der Waals surface area (Å²) in [6.45, 7) is 9.51. The van der Waals surface area contributed by atoms with Gasteiger partial charge < -0.3 is 23.5 Å². The summed E-state index contributed by atoms with van der Waals surface area (Å²) < 4.78 is 42.0. The van der Waals surface area contributed by atoms with Crippen molar-refractivity contribution in [3.05, 3.63) is 110 Å². The summed E-state index contributed by atoms with van der Waals surface area (Å²) in [6, 6.07) is 18.0. The van der Waals surface area contributed by atoms with Crippen molar-refractivity contribution >= 4 is 41.6 Å². The molecule has 0 aliphatic heterocycles. The fraction of sp³-hybridized carbons (Fsp3) is 0.429. The summed E-state index contributed by atoms with van der Waals surface area (Å²) >= 11 is 3.42. The molecule has 3 aromatic carbocycles. The lowest BCUT2D eigenvalue weighted by Gasteiger charge is -2.56. The highest BCUT2D eigenvalue weighted by Gasteiger charge is 2.70. The van der Waals surface area contributed by atoms with Gasteiger partial charge in [-0.2, -0.15) is 0 Å². The Kier molecular flexibility index (Phi) is 10.3. The average molecular weight is 834 g/mol. The predicted molar refractivity (Wildman–Crippen MR) is 208 cm³/mol. The van der Waals surface area contributed by atoms with Crippen LogP contribution in [0, 0.1) is 23.6 Å². The Labute approximate surface area is 329 Å². The summed E-state index contributed by atoms with van der Waals surface area (Å²) in [5.74, 6) is -5.30. The van der Waals surface area contributed by atoms with Crippen molar-refractivity contribution in [2.45, 2.75) is 83.2 Å². The van der Waals surface area contributed by atoms with E-state index in [1.165, 1.54) is 0 Å². The second-order valence-corrected chi connectivity index (χ2v) is 22.1. The van der Waals surface area contributed by atoms with Crippen LogP contribution in [0.15, 0.2) is 69.7 Å². The number of halogens is 2. The number of ether oxygens (including phenoxy) is 2. The zero-order valence-electron chi connectivity index (χ0n) is 32.1. The van der Waals surface area contributed by atoms with E-state index in [9.17, 15) is 5.11 Å². The molecule has 1 heterocycles. The van der Waals surface area contributed by atoms with Crippen LogP contribution in [0.2, 0.25) is 18.1 Å². The minimum atomic E-state index is -2.97. The van der Waals surface area contributed by atoms with Gasteiger partial charge in [0.15, 0.2) is 31.2 Å². The quantitative estimate of drug-likeness (QED) is 0.124. The molecule has 5 atom stereocenters. The highest BCUT2D eigenvalue weighted by atomic mass is 79.9. The molecule has 13 heteroatoms. The number of ketones is 3. The van der Waals surface area contributed by atoms with Crippen molar-refractivity contribution < 1.29 is 42.3 Å². The number of fused-ring (bicyclic) bond motifs is 4. The molecule has 0 radical (unpaired) electrons. The number of benzene rings is 3. The third-order valence-corrected chi connectivity index (χ3v) is 17.3. The molecule has 1 fully saturated rings. The first-order valence-electron chi connectivity index (χ1n) is 18.5. The highest BCUT2D eigenvalue weighted by molar-refractivity contribution is 9.10. The molecular formula is C42H46BrFN2O8Si. The number of nitrogens with zero attached hydrogens (tertiary/aromatic N) is 2. The summed E-state index contributed by atoms with van der Waals surface area (Å²) in [5, 5.41) is 14.1. The molecule has 10 nitrogen and oxygen atoms in total. The molecular weight excluding hydrogens is 787 g/mol. The Morgan fingerprint density at radius 2 is 1.58 bits per heavy atom. The lowest BCUT2D eigenvalue weighted by molar-refractivity contribution is -0.151. The third-order valence-electron chi connectivity index (χ3n) is 12.0. The lowest BCUT2D eigenvalue weighted by atomic mass is 9.54. The molecule has 4 aromatic rings. The molecule has 3 aliphatic carbocycles. The van der Waals surface area contributed by atoms with E-state index < -0.39 is 72.5 Å². The van der Waals surface area contributed by atoms with Gasteiger partial charge in [0.05, 0.1) is 28.6 Å². The maximum Gasteiger partial charge on any atom is 0.265 e. The van der Waals surface area contributed by atoms with E-state index in [1.807, 2.05) is 114 Å². The normalized spacial score (nSPS) is 23.6. The van der Waals surface area contributed by atoms with Gasteiger partial charge in [0.25, 0.3) is 5.88 Å². The van der Waals surface area contributed by atoms with Crippen LogP contribution in [0.4, 0.5) is 4.39 Å². The Morgan fingerprint density at radius 1 is 0.982 bits per heavy atom.